The van der Waals surface area contributed by atoms with Gasteiger partial charge in [0.15, 0.2) is 0 Å². The molecule has 1 heteroatoms. The highest BCUT2D eigenvalue weighted by molar-refractivity contribution is 5.86. The molecule has 0 fully saturated rings. The van der Waals surface area contributed by atoms with E-state index in [0.29, 0.717) is 0 Å². The molecule has 0 saturated carbocycles. The first kappa shape index (κ1) is 9.46. The summed E-state index contributed by atoms with van der Waals surface area (Å²) >= 11 is 0. The van der Waals surface area contributed by atoms with Crippen LogP contribution in [0.5, 0.6) is 0 Å². The number of nitrogens with one attached hydrogen (secondary N) is 1. The summed E-state index contributed by atoms with van der Waals surface area (Å²) in [6, 6.07) is 15.0. The Morgan fingerprint density at radius 2 is 1.75 bits per heavy atom. The molecule has 2 aromatic rings. The van der Waals surface area contributed by atoms with Crippen molar-refractivity contribution in [3.63, 3.8) is 0 Å². The zero-order chi connectivity index (χ0) is 11.0. The summed E-state index contributed by atoms with van der Waals surface area (Å²) in [5, 5.41) is 3.41. The summed E-state index contributed by atoms with van der Waals surface area (Å²) < 4.78 is 0. The van der Waals surface area contributed by atoms with Gasteiger partial charge in [-0.15, -0.1) is 0 Å². The van der Waals surface area contributed by atoms with E-state index in [4.69, 9.17) is 0 Å². The highest BCUT2D eigenvalue weighted by Gasteiger charge is 2.20. The van der Waals surface area contributed by atoms with Crippen molar-refractivity contribution < 1.29 is 0 Å². The molecular weight excluding hydrogens is 194 g/mol. The van der Waals surface area contributed by atoms with Crippen LogP contribution in [0.15, 0.2) is 42.5 Å². The monoisotopic (exact) mass is 208 g/mol. The Hall–Kier alpha value is -1.76. The number of rotatable bonds is 2. The van der Waals surface area contributed by atoms with Crippen molar-refractivity contribution in [2.75, 3.05) is 11.9 Å². The average Bonchev–Trinajstić information content (AvgIpc) is 2.69. The van der Waals surface area contributed by atoms with Crippen LogP contribution in [-0.4, -0.2) is 6.54 Å². The van der Waals surface area contributed by atoms with Gasteiger partial charge in [-0.05, 0) is 35.2 Å². The van der Waals surface area contributed by atoms with Crippen LogP contribution in [-0.2, 0) is 0 Å². The normalized spacial score (nSPS) is 12.1. The topological polar surface area (TPSA) is 12.0 Å². The minimum atomic E-state index is 0.959. The Morgan fingerprint density at radius 1 is 0.938 bits per heavy atom. The van der Waals surface area contributed by atoms with Crippen LogP contribution in [0.25, 0.3) is 11.1 Å². The van der Waals surface area contributed by atoms with E-state index in [0.717, 1.165) is 6.54 Å². The predicted octanol–water partition coefficient (Wildman–Crippen LogP) is 3.70. The van der Waals surface area contributed by atoms with E-state index in [1.165, 1.54) is 27.9 Å². The molecule has 0 heterocycles. The molecule has 1 N–H and O–H groups in total. The summed E-state index contributed by atoms with van der Waals surface area (Å²) in [6.07, 6.45) is 2.27. The average molecular weight is 208 g/mol. The van der Waals surface area contributed by atoms with Crippen molar-refractivity contribution in [1.29, 1.82) is 0 Å². The van der Waals surface area contributed by atoms with Crippen LogP contribution >= 0.6 is 0 Å². The molecule has 0 unspecified atom stereocenters. The second kappa shape index (κ2) is 3.67. The summed E-state index contributed by atoms with van der Waals surface area (Å²) in [5.41, 5.74) is 6.57. The minimum Gasteiger partial charge on any atom is -0.385 e. The minimum absolute atomic E-state index is 0.959. The SMILES string of the molecule is CCNc1cccc2c1[CH]c1ccccc1-2. The van der Waals surface area contributed by atoms with E-state index in [1.807, 2.05) is 0 Å². The predicted molar refractivity (Wildman–Crippen MR) is 68.5 cm³/mol. The zero-order valence-electron chi connectivity index (χ0n) is 9.33. The summed E-state index contributed by atoms with van der Waals surface area (Å²) in [6.45, 7) is 3.09. The lowest BCUT2D eigenvalue weighted by Gasteiger charge is -2.08. The lowest BCUT2D eigenvalue weighted by atomic mass is 10.1. The van der Waals surface area contributed by atoms with Gasteiger partial charge in [0.1, 0.15) is 0 Å². The van der Waals surface area contributed by atoms with Gasteiger partial charge in [0, 0.05) is 18.7 Å². The molecule has 0 amide bonds. The third-order valence-corrected chi connectivity index (χ3v) is 3.02. The number of benzene rings is 2. The Bertz CT molecular complexity index is 529. The standard InChI is InChI=1S/C15H14N/c1-2-16-15-9-5-8-13-12-7-4-3-6-11(12)10-14(13)15/h3-10,16H,2H2,1H3. The van der Waals surface area contributed by atoms with Crippen LogP contribution in [0, 0.1) is 6.42 Å². The van der Waals surface area contributed by atoms with E-state index in [-0.39, 0.29) is 0 Å². The number of fused-ring (bicyclic) bond motifs is 3. The lowest BCUT2D eigenvalue weighted by molar-refractivity contribution is 1.21. The smallest absolute Gasteiger partial charge is 0.0385 e. The van der Waals surface area contributed by atoms with Crippen molar-refractivity contribution in [1.82, 2.24) is 0 Å². The van der Waals surface area contributed by atoms with E-state index in [9.17, 15) is 0 Å². The molecule has 3 rings (SSSR count). The molecular formula is C15H14N. The number of hydrogen-bond acceptors (Lipinski definition) is 1. The molecule has 0 atom stereocenters. The van der Waals surface area contributed by atoms with Crippen molar-refractivity contribution >= 4 is 5.69 Å². The maximum atomic E-state index is 3.41. The largest absolute Gasteiger partial charge is 0.385 e. The molecule has 0 spiro atoms. The number of hydrogen-bond donors (Lipinski definition) is 1. The Morgan fingerprint density at radius 3 is 2.62 bits per heavy atom. The van der Waals surface area contributed by atoms with Crippen LogP contribution in [0.1, 0.15) is 18.1 Å². The van der Waals surface area contributed by atoms with Crippen molar-refractivity contribution in [3.8, 4) is 11.1 Å². The van der Waals surface area contributed by atoms with Gasteiger partial charge in [0.25, 0.3) is 0 Å². The van der Waals surface area contributed by atoms with E-state index < -0.39 is 0 Å². The summed E-state index contributed by atoms with van der Waals surface area (Å²) in [7, 11) is 0. The first-order chi connectivity index (χ1) is 7.90. The molecule has 2 aromatic carbocycles. The maximum Gasteiger partial charge on any atom is 0.0385 e. The molecule has 0 bridgehead atoms. The first-order valence-corrected chi connectivity index (χ1v) is 5.71. The van der Waals surface area contributed by atoms with E-state index >= 15 is 0 Å². The molecule has 0 aliphatic heterocycles. The second-order valence-corrected chi connectivity index (χ2v) is 4.03. The fourth-order valence-electron chi connectivity index (χ4n) is 2.32. The third-order valence-electron chi connectivity index (χ3n) is 3.02. The highest BCUT2D eigenvalue weighted by atomic mass is 14.9. The van der Waals surface area contributed by atoms with Gasteiger partial charge in [0.05, 0.1) is 0 Å². The van der Waals surface area contributed by atoms with Gasteiger partial charge < -0.3 is 5.32 Å². The summed E-state index contributed by atoms with van der Waals surface area (Å²) in [4.78, 5) is 0. The molecule has 1 aliphatic carbocycles. The fourth-order valence-corrected chi connectivity index (χ4v) is 2.32. The van der Waals surface area contributed by atoms with Crippen molar-refractivity contribution in [2.24, 2.45) is 0 Å². The van der Waals surface area contributed by atoms with E-state index in [2.05, 4.69) is 61.1 Å². The Labute approximate surface area is 96.1 Å². The van der Waals surface area contributed by atoms with Crippen LogP contribution < -0.4 is 5.32 Å². The second-order valence-electron chi connectivity index (χ2n) is 4.03. The Balaban J connectivity index is 2.16. The summed E-state index contributed by atoms with van der Waals surface area (Å²) in [5.74, 6) is 0. The molecule has 1 aliphatic rings. The van der Waals surface area contributed by atoms with Gasteiger partial charge in [-0.1, -0.05) is 36.4 Å². The van der Waals surface area contributed by atoms with Gasteiger partial charge >= 0.3 is 0 Å². The van der Waals surface area contributed by atoms with Crippen LogP contribution in [0.4, 0.5) is 5.69 Å². The van der Waals surface area contributed by atoms with Gasteiger partial charge in [-0.3, -0.25) is 0 Å². The Kier molecular flexibility index (Phi) is 2.17. The lowest BCUT2D eigenvalue weighted by Crippen LogP contribution is -1.99. The highest BCUT2D eigenvalue weighted by Crippen LogP contribution is 2.41. The quantitative estimate of drug-likeness (QED) is 0.677. The fraction of sp³-hybridized carbons (Fsp3) is 0.133. The van der Waals surface area contributed by atoms with Crippen LogP contribution in [0.3, 0.4) is 0 Å². The molecule has 0 aromatic heterocycles. The van der Waals surface area contributed by atoms with E-state index in [1.54, 1.807) is 0 Å². The van der Waals surface area contributed by atoms with Gasteiger partial charge in [-0.2, -0.15) is 0 Å². The molecule has 16 heavy (non-hydrogen) atoms. The molecule has 0 saturated heterocycles. The van der Waals surface area contributed by atoms with Gasteiger partial charge in [0.2, 0.25) is 0 Å². The van der Waals surface area contributed by atoms with Crippen LogP contribution in [0.2, 0.25) is 0 Å². The molecule has 1 radical (unpaired) electrons. The molecule has 1 nitrogen and oxygen atoms in total. The first-order valence-electron chi connectivity index (χ1n) is 5.71. The maximum absolute atomic E-state index is 3.41. The zero-order valence-corrected chi connectivity index (χ0v) is 9.33. The number of anilines is 1. The third kappa shape index (κ3) is 1.32. The molecule has 79 valence electrons. The van der Waals surface area contributed by atoms with Crippen molar-refractivity contribution in [2.45, 2.75) is 6.92 Å². The van der Waals surface area contributed by atoms with Crippen molar-refractivity contribution in [3.05, 3.63) is 60.0 Å². The van der Waals surface area contributed by atoms with Gasteiger partial charge in [-0.25, -0.2) is 0 Å².